The minimum atomic E-state index is -4.32. The predicted molar refractivity (Wildman–Crippen MR) is 174 cm³/mol. The fourth-order valence-corrected chi connectivity index (χ4v) is 6.49. The highest BCUT2D eigenvalue weighted by atomic mass is 35.5. The number of carbonyl (C=O) groups excluding carboxylic acids is 2. The molecule has 0 fully saturated rings. The topological polar surface area (TPSA) is 105 Å². The van der Waals surface area contributed by atoms with E-state index in [-0.39, 0.29) is 41.2 Å². The van der Waals surface area contributed by atoms with Crippen LogP contribution in [0.4, 0.5) is 5.69 Å². The molecule has 0 saturated heterocycles. The number of hydrogen-bond acceptors (Lipinski definition) is 6. The average molecular weight is 665 g/mol. The number of nitrogens with one attached hydrogen (secondary N) is 1. The van der Waals surface area contributed by atoms with Crippen LogP contribution in [0, 0.1) is 6.92 Å². The van der Waals surface area contributed by atoms with E-state index in [4.69, 9.17) is 32.7 Å². The third-order valence-electron chi connectivity index (χ3n) is 7.32. The zero-order chi connectivity index (χ0) is 32.6. The highest BCUT2D eigenvalue weighted by molar-refractivity contribution is 7.92. The molecule has 2 atom stereocenters. The molecule has 0 aromatic heterocycles. The van der Waals surface area contributed by atoms with Gasteiger partial charge in [-0.15, -0.1) is 0 Å². The Hall–Kier alpha value is -3.47. The first-order chi connectivity index (χ1) is 20.9. The fourth-order valence-electron chi connectivity index (χ4n) is 4.56. The number of methoxy groups -OCH3 is 2. The van der Waals surface area contributed by atoms with E-state index in [1.165, 1.54) is 37.3 Å². The molecular weight excluding hydrogens is 625 g/mol. The van der Waals surface area contributed by atoms with Crippen molar-refractivity contribution in [2.75, 3.05) is 25.1 Å². The van der Waals surface area contributed by atoms with Crippen molar-refractivity contribution in [1.82, 2.24) is 10.2 Å². The molecular formula is C32H39Cl2N3O6S. The lowest BCUT2D eigenvalue weighted by Crippen LogP contribution is -2.53. The molecule has 0 unspecified atom stereocenters. The highest BCUT2D eigenvalue weighted by Crippen LogP contribution is 2.36. The number of nitrogens with zero attached hydrogens (tertiary/aromatic N) is 2. The smallest absolute Gasteiger partial charge is 0.264 e. The number of rotatable bonds is 14. The summed E-state index contributed by atoms with van der Waals surface area (Å²) in [7, 11) is -1.47. The Labute approximate surface area is 270 Å². The molecule has 3 aromatic carbocycles. The third-order valence-corrected chi connectivity index (χ3v) is 9.80. The molecule has 0 aliphatic carbocycles. The quantitative estimate of drug-likeness (QED) is 0.219. The summed E-state index contributed by atoms with van der Waals surface area (Å²) >= 11 is 13.0. The number of halogens is 2. The monoisotopic (exact) mass is 663 g/mol. The standard InChI is InChI=1S/C32H39Cl2N3O6S/c1-7-22(4)35-32(39)28(8-2)36(19-25-26(33)10-9-11-27(25)34)31(38)20-37(29-18-23(42-5)14-17-30(29)43-6)44(40,41)24-15-12-21(3)13-16-24/h9-18,22,28H,7-8,19-20H2,1-6H3,(H,35,39)/t22-,28-/m0/s1. The Balaban J connectivity index is 2.19. The van der Waals surface area contributed by atoms with Gasteiger partial charge in [0.05, 0.1) is 24.8 Å². The number of amides is 2. The van der Waals surface area contributed by atoms with E-state index in [1.54, 1.807) is 49.4 Å². The van der Waals surface area contributed by atoms with Crippen LogP contribution in [-0.2, 0) is 26.2 Å². The summed E-state index contributed by atoms with van der Waals surface area (Å²) in [4.78, 5) is 29.2. The first kappa shape index (κ1) is 35.0. The molecule has 2 amide bonds. The molecule has 3 aromatic rings. The largest absolute Gasteiger partial charge is 0.497 e. The normalized spacial score (nSPS) is 12.6. The second-order valence-corrected chi connectivity index (χ2v) is 13.0. The molecule has 9 nitrogen and oxygen atoms in total. The summed E-state index contributed by atoms with van der Waals surface area (Å²) in [5, 5.41) is 3.57. The third kappa shape index (κ3) is 8.16. The van der Waals surface area contributed by atoms with Crippen LogP contribution in [0.15, 0.2) is 65.6 Å². The second-order valence-electron chi connectivity index (χ2n) is 10.3. The van der Waals surface area contributed by atoms with Gasteiger partial charge in [-0.25, -0.2) is 8.42 Å². The fraction of sp³-hybridized carbons (Fsp3) is 0.375. The van der Waals surface area contributed by atoms with E-state index >= 15 is 0 Å². The van der Waals surface area contributed by atoms with Gasteiger partial charge in [-0.05, 0) is 63.1 Å². The van der Waals surface area contributed by atoms with Crippen LogP contribution in [0.1, 0.15) is 44.7 Å². The number of anilines is 1. The summed E-state index contributed by atoms with van der Waals surface area (Å²) < 4.78 is 40.3. The molecule has 0 radical (unpaired) electrons. The van der Waals surface area contributed by atoms with Crippen LogP contribution in [0.3, 0.4) is 0 Å². The van der Waals surface area contributed by atoms with Gasteiger partial charge in [-0.3, -0.25) is 13.9 Å². The number of aryl methyl sites for hydroxylation is 1. The van der Waals surface area contributed by atoms with Crippen LogP contribution in [-0.4, -0.2) is 58.0 Å². The number of ether oxygens (including phenoxy) is 2. The van der Waals surface area contributed by atoms with Crippen molar-refractivity contribution in [3.8, 4) is 11.5 Å². The van der Waals surface area contributed by atoms with E-state index in [1.807, 2.05) is 20.8 Å². The summed E-state index contributed by atoms with van der Waals surface area (Å²) in [5.74, 6) is -0.453. The first-order valence-electron chi connectivity index (χ1n) is 14.2. The van der Waals surface area contributed by atoms with E-state index in [0.29, 0.717) is 27.8 Å². The SMILES string of the molecule is CC[C@H](C)NC(=O)[C@H](CC)N(Cc1c(Cl)cccc1Cl)C(=O)CN(c1cc(OC)ccc1OC)S(=O)(=O)c1ccc(C)cc1. The lowest BCUT2D eigenvalue weighted by Gasteiger charge is -2.34. The van der Waals surface area contributed by atoms with E-state index in [0.717, 1.165) is 9.87 Å². The zero-order valence-electron chi connectivity index (χ0n) is 25.8. The highest BCUT2D eigenvalue weighted by Gasteiger charge is 2.35. The lowest BCUT2D eigenvalue weighted by molar-refractivity contribution is -0.140. The van der Waals surface area contributed by atoms with Crippen LogP contribution in [0.5, 0.6) is 11.5 Å². The van der Waals surface area contributed by atoms with Crippen LogP contribution >= 0.6 is 23.2 Å². The Bertz CT molecular complexity index is 1550. The Morgan fingerprint density at radius 3 is 2.11 bits per heavy atom. The van der Waals surface area contributed by atoms with Gasteiger partial charge in [0.25, 0.3) is 10.0 Å². The maximum absolute atomic E-state index is 14.4. The van der Waals surface area contributed by atoms with Crippen molar-refractivity contribution in [3.63, 3.8) is 0 Å². The van der Waals surface area contributed by atoms with Crippen molar-refractivity contribution >= 4 is 50.7 Å². The van der Waals surface area contributed by atoms with Gasteiger partial charge in [-0.1, -0.05) is 60.8 Å². The van der Waals surface area contributed by atoms with Crippen molar-refractivity contribution < 1.29 is 27.5 Å². The molecule has 0 bridgehead atoms. The molecule has 0 saturated carbocycles. The van der Waals surface area contributed by atoms with Crippen molar-refractivity contribution in [1.29, 1.82) is 0 Å². The van der Waals surface area contributed by atoms with Crippen LogP contribution in [0.2, 0.25) is 10.0 Å². The van der Waals surface area contributed by atoms with E-state index in [9.17, 15) is 18.0 Å². The summed E-state index contributed by atoms with van der Waals surface area (Å²) in [5.41, 5.74) is 1.39. The molecule has 0 aliphatic rings. The molecule has 0 aliphatic heterocycles. The van der Waals surface area contributed by atoms with E-state index < -0.39 is 28.5 Å². The van der Waals surface area contributed by atoms with Gasteiger partial charge in [0.1, 0.15) is 24.1 Å². The summed E-state index contributed by atoms with van der Waals surface area (Å²) in [6, 6.07) is 14.8. The van der Waals surface area contributed by atoms with Gasteiger partial charge in [0.15, 0.2) is 0 Å². The van der Waals surface area contributed by atoms with Crippen LogP contribution in [0.25, 0.3) is 0 Å². The average Bonchev–Trinajstić information content (AvgIpc) is 3.00. The zero-order valence-corrected chi connectivity index (χ0v) is 28.1. The lowest BCUT2D eigenvalue weighted by atomic mass is 10.1. The van der Waals surface area contributed by atoms with Gasteiger partial charge in [0, 0.05) is 34.3 Å². The van der Waals surface area contributed by atoms with Crippen molar-refractivity contribution in [3.05, 3.63) is 81.8 Å². The molecule has 12 heteroatoms. The predicted octanol–water partition coefficient (Wildman–Crippen LogP) is 6.24. The number of sulfonamides is 1. The Morgan fingerprint density at radius 1 is 0.932 bits per heavy atom. The Morgan fingerprint density at radius 2 is 1.57 bits per heavy atom. The first-order valence-corrected chi connectivity index (χ1v) is 16.4. The molecule has 1 N–H and O–H groups in total. The molecule has 44 heavy (non-hydrogen) atoms. The number of benzene rings is 3. The van der Waals surface area contributed by atoms with Crippen molar-refractivity contribution in [2.24, 2.45) is 0 Å². The summed E-state index contributed by atoms with van der Waals surface area (Å²) in [6.07, 6.45) is 0.938. The molecule has 0 spiro atoms. The number of carbonyl (C=O) groups is 2. The second kappa shape index (κ2) is 15.5. The van der Waals surface area contributed by atoms with E-state index in [2.05, 4.69) is 5.32 Å². The van der Waals surface area contributed by atoms with Crippen molar-refractivity contribution in [2.45, 2.75) is 64.1 Å². The molecule has 0 heterocycles. The molecule has 238 valence electrons. The van der Waals surface area contributed by atoms with Gasteiger partial charge < -0.3 is 19.7 Å². The van der Waals surface area contributed by atoms with Gasteiger partial charge in [-0.2, -0.15) is 0 Å². The van der Waals surface area contributed by atoms with Gasteiger partial charge in [0.2, 0.25) is 11.8 Å². The summed E-state index contributed by atoms with van der Waals surface area (Å²) in [6.45, 7) is 6.64. The van der Waals surface area contributed by atoms with Crippen LogP contribution < -0.4 is 19.1 Å². The Kier molecular flexibility index (Phi) is 12.3. The molecule has 3 rings (SSSR count). The maximum atomic E-state index is 14.4. The minimum Gasteiger partial charge on any atom is -0.497 e. The van der Waals surface area contributed by atoms with Gasteiger partial charge >= 0.3 is 0 Å². The number of hydrogen-bond donors (Lipinski definition) is 1. The maximum Gasteiger partial charge on any atom is 0.264 e. The minimum absolute atomic E-state index is 0.0250.